The Bertz CT molecular complexity index is 1280. The molecule has 0 aliphatic rings. The smallest absolute Gasteiger partial charge is 0.457 e. The van der Waals surface area contributed by atoms with Crippen LogP contribution in [0, 0.1) is 0 Å². The van der Waals surface area contributed by atoms with Crippen molar-refractivity contribution in [2.24, 2.45) is 5.73 Å². The average Bonchev–Trinajstić information content (AvgIpc) is 3.33. The maximum atomic E-state index is 12.7. The van der Waals surface area contributed by atoms with Gasteiger partial charge in [0.05, 0.1) is 19.8 Å². The second-order valence-corrected chi connectivity index (χ2v) is 20.2. The Hall–Kier alpha value is -2.06. The molecule has 0 aliphatic heterocycles. The zero-order chi connectivity index (χ0) is 49.4. The van der Waals surface area contributed by atoms with Gasteiger partial charge in [-0.05, 0) is 89.9 Å². The van der Waals surface area contributed by atoms with Gasteiger partial charge in [0.2, 0.25) is 0 Å². The van der Waals surface area contributed by atoms with Crippen molar-refractivity contribution in [2.75, 3.05) is 33.0 Å². The zero-order valence-electron chi connectivity index (χ0n) is 44.3. The van der Waals surface area contributed by atoms with Gasteiger partial charge in [-0.3, -0.25) is 13.8 Å². The number of rotatable bonds is 54. The van der Waals surface area contributed by atoms with Crippen molar-refractivity contribution in [3.05, 3.63) is 72.9 Å². The number of carbonyl (C=O) groups excluding carboxylic acids is 1. The number of carbonyl (C=O) groups is 1. The number of esters is 1. The molecule has 0 aromatic rings. The van der Waals surface area contributed by atoms with Gasteiger partial charge in [0.1, 0.15) is 6.10 Å². The third kappa shape index (κ3) is 54.9. The maximum absolute atomic E-state index is 12.7. The monoisotopic (exact) mass is 974 g/mol. The van der Waals surface area contributed by atoms with Gasteiger partial charge in [0.25, 0.3) is 0 Å². The molecule has 0 fully saturated rings. The van der Waals surface area contributed by atoms with E-state index in [2.05, 4.69) is 86.8 Å². The van der Waals surface area contributed by atoms with Gasteiger partial charge in [-0.2, -0.15) is 0 Å². The number of unbranched alkanes of at least 4 members (excludes halogenated alkanes) is 29. The molecule has 2 atom stereocenters. The Morgan fingerprint density at radius 3 is 1.16 bits per heavy atom. The molecule has 0 aliphatic carbocycles. The summed E-state index contributed by atoms with van der Waals surface area (Å²) in [6.07, 6.45) is 72.3. The quantitative estimate of drug-likeness (QED) is 0.0268. The van der Waals surface area contributed by atoms with Crippen LogP contribution in [0.3, 0.4) is 0 Å². The van der Waals surface area contributed by atoms with Crippen LogP contribution in [0.15, 0.2) is 72.9 Å². The van der Waals surface area contributed by atoms with Crippen molar-refractivity contribution < 1.29 is 32.8 Å². The minimum Gasteiger partial charge on any atom is -0.457 e. The fraction of sp³-hybridized carbons (Fsp3) is 0.780. The molecule has 0 rings (SSSR count). The van der Waals surface area contributed by atoms with Crippen LogP contribution in [0.2, 0.25) is 0 Å². The van der Waals surface area contributed by atoms with Gasteiger partial charge in [-0.1, -0.05) is 234 Å². The summed E-state index contributed by atoms with van der Waals surface area (Å²) >= 11 is 0. The molecule has 0 aromatic carbocycles. The van der Waals surface area contributed by atoms with E-state index in [4.69, 9.17) is 24.3 Å². The maximum Gasteiger partial charge on any atom is 0.472 e. The second kappa shape index (κ2) is 55.9. The summed E-state index contributed by atoms with van der Waals surface area (Å²) in [5.41, 5.74) is 5.40. The van der Waals surface area contributed by atoms with Crippen LogP contribution < -0.4 is 5.73 Å². The normalized spacial score (nSPS) is 13.8. The first-order valence-corrected chi connectivity index (χ1v) is 29.9. The summed E-state index contributed by atoms with van der Waals surface area (Å²) in [4.78, 5) is 22.7. The highest BCUT2D eigenvalue weighted by Gasteiger charge is 2.25. The molecule has 0 amide bonds. The number of ether oxygens (including phenoxy) is 2. The standard InChI is InChI=1S/C59H108NO7P/c1-3-5-7-9-11-13-15-17-19-21-23-25-27-29-30-32-34-36-38-40-42-44-46-48-50-52-59(61)67-58(57-66-68(62,63)65-55-53-60)56-64-54-51-49-47-45-43-41-39-37-35-33-31-28-26-24-22-20-18-16-14-12-10-8-6-4-2/h15-18,21-24,27-29,31,58H,3-14,19-20,25-26,30,32-57,60H2,1-2H3,(H,62,63)/b17-15-,18-16-,23-21-,24-22-,29-27-,31-28-. The highest BCUT2D eigenvalue weighted by atomic mass is 31.2. The van der Waals surface area contributed by atoms with Gasteiger partial charge in [0, 0.05) is 19.6 Å². The molecule has 0 aromatic heterocycles. The lowest BCUT2D eigenvalue weighted by molar-refractivity contribution is -0.154. The first kappa shape index (κ1) is 65.9. The highest BCUT2D eigenvalue weighted by molar-refractivity contribution is 7.47. The van der Waals surface area contributed by atoms with Crippen LogP contribution in [0.1, 0.15) is 258 Å². The number of allylic oxidation sites excluding steroid dienone is 12. The molecule has 0 bridgehead atoms. The summed E-state index contributed by atoms with van der Waals surface area (Å²) in [5.74, 6) is -0.336. The molecular formula is C59H108NO7P. The van der Waals surface area contributed by atoms with Crippen molar-refractivity contribution in [3.63, 3.8) is 0 Å². The molecule has 0 saturated heterocycles. The van der Waals surface area contributed by atoms with Crippen LogP contribution in [0.25, 0.3) is 0 Å². The van der Waals surface area contributed by atoms with Crippen molar-refractivity contribution in [1.82, 2.24) is 0 Å². The minimum atomic E-state index is -4.29. The number of hydrogen-bond acceptors (Lipinski definition) is 7. The lowest BCUT2D eigenvalue weighted by Crippen LogP contribution is -2.28. The van der Waals surface area contributed by atoms with Crippen molar-refractivity contribution in [2.45, 2.75) is 264 Å². The van der Waals surface area contributed by atoms with Crippen LogP contribution in [0.5, 0.6) is 0 Å². The predicted octanol–water partition coefficient (Wildman–Crippen LogP) is 18.2. The molecule has 396 valence electrons. The number of hydrogen-bond donors (Lipinski definition) is 2. The SMILES string of the molecule is CCCCCCC/C=C\C/C=C\C/C=C\CCCCCCCCCCCCC(=O)OC(COCCCCCCCCCCC/C=C\C/C=C\C/C=C\CCCCCCC)COP(=O)(O)OCCN. The van der Waals surface area contributed by atoms with E-state index in [1.807, 2.05) is 0 Å². The van der Waals surface area contributed by atoms with Crippen molar-refractivity contribution >= 4 is 13.8 Å². The van der Waals surface area contributed by atoms with E-state index in [0.717, 1.165) is 57.8 Å². The second-order valence-electron chi connectivity index (χ2n) is 18.8. The van der Waals surface area contributed by atoms with Gasteiger partial charge in [0.15, 0.2) is 0 Å². The summed E-state index contributed by atoms with van der Waals surface area (Å²) in [5, 5.41) is 0. The molecule has 9 heteroatoms. The lowest BCUT2D eigenvalue weighted by Gasteiger charge is -2.20. The molecule has 0 saturated carbocycles. The molecular weight excluding hydrogens is 866 g/mol. The predicted molar refractivity (Wildman–Crippen MR) is 293 cm³/mol. The van der Waals surface area contributed by atoms with E-state index in [1.165, 1.54) is 180 Å². The molecule has 0 radical (unpaired) electrons. The van der Waals surface area contributed by atoms with Crippen LogP contribution in [0.4, 0.5) is 0 Å². The molecule has 2 unspecified atom stereocenters. The molecule has 68 heavy (non-hydrogen) atoms. The third-order valence-electron chi connectivity index (χ3n) is 12.1. The van der Waals surface area contributed by atoms with Gasteiger partial charge >= 0.3 is 13.8 Å². The number of phosphoric ester groups is 1. The van der Waals surface area contributed by atoms with E-state index < -0.39 is 13.9 Å². The van der Waals surface area contributed by atoms with Crippen LogP contribution >= 0.6 is 7.82 Å². The third-order valence-corrected chi connectivity index (χ3v) is 13.1. The van der Waals surface area contributed by atoms with E-state index in [1.54, 1.807) is 0 Å². The van der Waals surface area contributed by atoms with Crippen LogP contribution in [-0.4, -0.2) is 49.9 Å². The minimum absolute atomic E-state index is 0.0959. The number of phosphoric acid groups is 1. The fourth-order valence-electron chi connectivity index (χ4n) is 7.89. The van der Waals surface area contributed by atoms with Crippen molar-refractivity contribution in [1.29, 1.82) is 0 Å². The van der Waals surface area contributed by atoms with E-state index in [0.29, 0.717) is 13.0 Å². The van der Waals surface area contributed by atoms with E-state index >= 15 is 0 Å². The Balaban J connectivity index is 3.94. The topological polar surface area (TPSA) is 117 Å². The zero-order valence-corrected chi connectivity index (χ0v) is 45.2. The largest absolute Gasteiger partial charge is 0.472 e. The van der Waals surface area contributed by atoms with E-state index in [-0.39, 0.29) is 32.3 Å². The first-order valence-electron chi connectivity index (χ1n) is 28.4. The van der Waals surface area contributed by atoms with Crippen molar-refractivity contribution in [3.8, 4) is 0 Å². The summed E-state index contributed by atoms with van der Waals surface area (Å²) < 4.78 is 33.7. The molecule has 3 N–H and O–H groups in total. The van der Waals surface area contributed by atoms with E-state index in [9.17, 15) is 14.3 Å². The van der Waals surface area contributed by atoms with Crippen LogP contribution in [-0.2, 0) is 27.9 Å². The Labute approximate surface area is 420 Å². The Morgan fingerprint density at radius 1 is 0.441 bits per heavy atom. The average molecular weight is 974 g/mol. The first-order chi connectivity index (χ1) is 33.4. The van der Waals surface area contributed by atoms with Gasteiger partial charge in [-0.25, -0.2) is 4.57 Å². The summed E-state index contributed by atoms with van der Waals surface area (Å²) in [6, 6.07) is 0. The molecule has 0 heterocycles. The Kier molecular flexibility index (Phi) is 54.2. The molecule has 0 spiro atoms. The van der Waals surface area contributed by atoms with Gasteiger partial charge < -0.3 is 20.1 Å². The Morgan fingerprint density at radius 2 is 0.779 bits per heavy atom. The fourth-order valence-corrected chi connectivity index (χ4v) is 8.66. The summed E-state index contributed by atoms with van der Waals surface area (Å²) in [6.45, 7) is 4.90. The highest BCUT2D eigenvalue weighted by Crippen LogP contribution is 2.43. The molecule has 8 nitrogen and oxygen atoms in total. The lowest BCUT2D eigenvalue weighted by atomic mass is 10.0. The van der Waals surface area contributed by atoms with Gasteiger partial charge in [-0.15, -0.1) is 0 Å². The number of nitrogens with two attached hydrogens (primary N) is 1. The summed E-state index contributed by atoms with van der Waals surface area (Å²) in [7, 11) is -4.29.